The van der Waals surface area contributed by atoms with Crippen molar-refractivity contribution in [2.75, 3.05) is 0 Å². The van der Waals surface area contributed by atoms with E-state index in [0.717, 1.165) is 16.6 Å². The Balaban J connectivity index is 1.95. The number of rotatable bonds is 3. The summed E-state index contributed by atoms with van der Waals surface area (Å²) < 4.78 is 11.0. The van der Waals surface area contributed by atoms with Gasteiger partial charge in [0.15, 0.2) is 0 Å². The van der Waals surface area contributed by atoms with Gasteiger partial charge in [-0.05, 0) is 35.0 Å². The lowest BCUT2D eigenvalue weighted by Gasteiger charge is -1.98. The Labute approximate surface area is 106 Å². The van der Waals surface area contributed by atoms with E-state index in [1.54, 1.807) is 0 Å². The van der Waals surface area contributed by atoms with Crippen LogP contribution in [0.1, 0.15) is 12.5 Å². The maximum atomic E-state index is 11.8. The molecule has 2 aromatic heterocycles. The van der Waals surface area contributed by atoms with E-state index in [-0.39, 0.29) is 5.69 Å². The molecule has 0 N–H and O–H groups in total. The molecule has 0 fully saturated rings. The molecule has 18 heavy (non-hydrogen) atoms. The van der Waals surface area contributed by atoms with E-state index in [1.807, 2.05) is 25.1 Å². The van der Waals surface area contributed by atoms with Gasteiger partial charge < -0.3 is 0 Å². The van der Waals surface area contributed by atoms with Gasteiger partial charge in [-0.3, -0.25) is 0 Å². The Morgan fingerprint density at radius 3 is 2.72 bits per heavy atom. The Morgan fingerprint density at radius 1 is 1.17 bits per heavy atom. The Bertz CT molecular complexity index is 742. The second-order valence-corrected chi connectivity index (χ2v) is 4.35. The van der Waals surface area contributed by atoms with Crippen LogP contribution in [0.4, 0.5) is 0 Å². The van der Waals surface area contributed by atoms with Crippen LogP contribution in [-0.2, 0) is 13.1 Å². The summed E-state index contributed by atoms with van der Waals surface area (Å²) in [6.45, 7) is 2.77. The number of aromatic nitrogens is 6. The molecule has 0 atom stereocenters. The van der Waals surface area contributed by atoms with Crippen LogP contribution in [0.2, 0.25) is 0 Å². The van der Waals surface area contributed by atoms with Gasteiger partial charge in [0.25, 0.3) is 0 Å². The molecule has 0 spiro atoms. The summed E-state index contributed by atoms with van der Waals surface area (Å²) in [5.41, 5.74) is 2.47. The van der Waals surface area contributed by atoms with E-state index in [4.69, 9.17) is 0 Å². The van der Waals surface area contributed by atoms with Gasteiger partial charge in [0.1, 0.15) is 11.0 Å². The van der Waals surface area contributed by atoms with Crippen LogP contribution in [0, 0.1) is 0 Å². The van der Waals surface area contributed by atoms with E-state index in [1.165, 1.54) is 21.1 Å². The minimum atomic E-state index is -0.200. The van der Waals surface area contributed by atoms with Crippen LogP contribution < -0.4 is 5.69 Å². The van der Waals surface area contributed by atoms with Crippen LogP contribution in [0.3, 0.4) is 0 Å². The number of aryl methyl sites for hydroxylation is 1. The minimum Gasteiger partial charge on any atom is -0.244 e. The molecule has 0 aliphatic heterocycles. The molecule has 0 unspecified atom stereocenters. The van der Waals surface area contributed by atoms with Gasteiger partial charge in [0.05, 0.1) is 18.3 Å². The zero-order valence-corrected chi connectivity index (χ0v) is 10.5. The van der Waals surface area contributed by atoms with Crippen molar-refractivity contribution < 1.29 is 0 Å². The standard InChI is InChI=1S/C10H10N6OS/c1-2-15-10(17)16(14-13-15)6-7-3-4-8-9(5-7)12-18-11-8/h3-5H,2,6H2,1H3. The number of tetrazole rings is 1. The van der Waals surface area contributed by atoms with E-state index in [9.17, 15) is 4.79 Å². The maximum absolute atomic E-state index is 11.8. The van der Waals surface area contributed by atoms with Crippen molar-refractivity contribution in [3.8, 4) is 0 Å². The van der Waals surface area contributed by atoms with Crippen LogP contribution in [0.15, 0.2) is 23.0 Å². The van der Waals surface area contributed by atoms with Gasteiger partial charge >= 0.3 is 5.69 Å². The topological polar surface area (TPSA) is 78.5 Å². The van der Waals surface area contributed by atoms with Crippen LogP contribution in [-0.4, -0.2) is 28.5 Å². The highest BCUT2D eigenvalue weighted by Gasteiger charge is 2.07. The fourth-order valence-electron chi connectivity index (χ4n) is 1.70. The molecular weight excluding hydrogens is 252 g/mol. The van der Waals surface area contributed by atoms with Gasteiger partial charge in [-0.2, -0.15) is 18.1 Å². The normalized spacial score (nSPS) is 11.2. The average molecular weight is 262 g/mol. The highest BCUT2D eigenvalue weighted by Crippen LogP contribution is 2.13. The van der Waals surface area contributed by atoms with E-state index in [2.05, 4.69) is 19.2 Å². The number of benzene rings is 1. The Hall–Kier alpha value is -2.09. The molecule has 2 heterocycles. The molecule has 0 radical (unpaired) electrons. The minimum absolute atomic E-state index is 0.200. The van der Waals surface area contributed by atoms with Crippen molar-refractivity contribution in [3.63, 3.8) is 0 Å². The molecule has 8 heteroatoms. The predicted molar refractivity (Wildman–Crippen MR) is 66.5 cm³/mol. The zero-order chi connectivity index (χ0) is 12.5. The van der Waals surface area contributed by atoms with Crippen LogP contribution in [0.5, 0.6) is 0 Å². The molecule has 3 rings (SSSR count). The summed E-state index contributed by atoms with van der Waals surface area (Å²) >= 11 is 1.18. The summed E-state index contributed by atoms with van der Waals surface area (Å²) in [4.78, 5) is 11.8. The third-order valence-corrected chi connectivity index (χ3v) is 3.20. The van der Waals surface area contributed by atoms with E-state index < -0.39 is 0 Å². The molecule has 3 aromatic rings. The largest absolute Gasteiger partial charge is 0.363 e. The lowest BCUT2D eigenvalue weighted by atomic mass is 10.2. The highest BCUT2D eigenvalue weighted by atomic mass is 32.1. The summed E-state index contributed by atoms with van der Waals surface area (Å²) in [6, 6.07) is 5.72. The van der Waals surface area contributed by atoms with Crippen molar-refractivity contribution >= 4 is 22.8 Å². The van der Waals surface area contributed by atoms with Crippen molar-refractivity contribution in [2.45, 2.75) is 20.0 Å². The molecule has 1 aromatic carbocycles. The Morgan fingerprint density at radius 2 is 1.94 bits per heavy atom. The highest BCUT2D eigenvalue weighted by molar-refractivity contribution is 7.00. The van der Waals surface area contributed by atoms with Crippen molar-refractivity contribution in [1.29, 1.82) is 0 Å². The molecule has 7 nitrogen and oxygen atoms in total. The second kappa shape index (κ2) is 4.30. The summed E-state index contributed by atoms with van der Waals surface area (Å²) in [5.74, 6) is 0. The third-order valence-electron chi connectivity index (χ3n) is 2.65. The monoisotopic (exact) mass is 262 g/mol. The number of nitrogens with zero attached hydrogens (tertiary/aromatic N) is 6. The first-order valence-corrected chi connectivity index (χ1v) is 6.23. The number of fused-ring (bicyclic) bond motifs is 1. The quantitative estimate of drug-likeness (QED) is 0.687. The smallest absolute Gasteiger partial charge is 0.244 e. The molecule has 0 amide bonds. The number of hydrogen-bond acceptors (Lipinski definition) is 6. The molecule has 92 valence electrons. The van der Waals surface area contributed by atoms with Crippen LogP contribution in [0.25, 0.3) is 11.0 Å². The van der Waals surface area contributed by atoms with Gasteiger partial charge in [-0.1, -0.05) is 6.07 Å². The molecule has 0 aliphatic rings. The molecular formula is C10H10N6OS. The van der Waals surface area contributed by atoms with Crippen molar-refractivity contribution in [2.24, 2.45) is 0 Å². The lowest BCUT2D eigenvalue weighted by molar-refractivity contribution is 0.609. The number of hydrogen-bond donors (Lipinski definition) is 0. The molecule has 0 saturated carbocycles. The summed E-state index contributed by atoms with van der Waals surface area (Å²) in [6.07, 6.45) is 0. The zero-order valence-electron chi connectivity index (χ0n) is 9.65. The van der Waals surface area contributed by atoms with E-state index >= 15 is 0 Å². The summed E-state index contributed by atoms with van der Waals surface area (Å²) in [7, 11) is 0. The van der Waals surface area contributed by atoms with Gasteiger partial charge in [-0.15, -0.1) is 0 Å². The average Bonchev–Trinajstić information content (AvgIpc) is 2.97. The van der Waals surface area contributed by atoms with E-state index in [0.29, 0.717) is 13.1 Å². The SMILES string of the molecule is CCn1nnn(Cc2ccc3nsnc3c2)c1=O. The maximum Gasteiger partial charge on any atom is 0.363 e. The van der Waals surface area contributed by atoms with Crippen molar-refractivity contribution in [3.05, 3.63) is 34.2 Å². The molecule has 0 bridgehead atoms. The van der Waals surface area contributed by atoms with Crippen molar-refractivity contribution in [1.82, 2.24) is 28.5 Å². The second-order valence-electron chi connectivity index (χ2n) is 3.82. The predicted octanol–water partition coefficient (Wildman–Crippen LogP) is 0.513. The third kappa shape index (κ3) is 1.80. The fourth-order valence-corrected chi connectivity index (χ4v) is 2.22. The fraction of sp³-hybridized carbons (Fsp3) is 0.300. The Kier molecular flexibility index (Phi) is 2.63. The van der Waals surface area contributed by atoms with Gasteiger partial charge in [-0.25, -0.2) is 4.79 Å². The van der Waals surface area contributed by atoms with Gasteiger partial charge in [0.2, 0.25) is 0 Å². The van der Waals surface area contributed by atoms with Gasteiger partial charge in [0, 0.05) is 6.54 Å². The van der Waals surface area contributed by atoms with Crippen LogP contribution >= 0.6 is 11.7 Å². The first-order chi connectivity index (χ1) is 8.78. The first kappa shape index (κ1) is 11.0. The molecule has 0 saturated heterocycles. The molecule has 0 aliphatic carbocycles. The first-order valence-electron chi connectivity index (χ1n) is 5.49. The summed E-state index contributed by atoms with van der Waals surface area (Å²) in [5, 5.41) is 7.61. The lowest BCUT2D eigenvalue weighted by Crippen LogP contribution is -2.25.